The lowest BCUT2D eigenvalue weighted by molar-refractivity contribution is -0.121. The van der Waals surface area contributed by atoms with Crippen molar-refractivity contribution in [3.05, 3.63) is 57.1 Å². The molecule has 2 rings (SSSR count). The lowest BCUT2D eigenvalue weighted by Crippen LogP contribution is -2.33. The number of aromatic nitrogens is 4. The summed E-state index contributed by atoms with van der Waals surface area (Å²) in [7, 11) is 0. The molecule has 2 heterocycles. The molecule has 0 aliphatic rings. The van der Waals surface area contributed by atoms with Gasteiger partial charge in [-0.25, -0.2) is 9.67 Å². The SMILES string of the molecule is Cc1cc(=O)n(CC(=O)NCCCn2ncccc2=O)cn1. The molecule has 1 N–H and O–H groups in total. The zero-order valence-electron chi connectivity index (χ0n) is 12.2. The van der Waals surface area contributed by atoms with Crippen molar-refractivity contribution in [3.8, 4) is 0 Å². The first-order valence-corrected chi connectivity index (χ1v) is 6.88. The molecule has 8 nitrogen and oxygen atoms in total. The first-order valence-electron chi connectivity index (χ1n) is 6.88. The Bertz CT molecular complexity index is 765. The fourth-order valence-corrected chi connectivity index (χ4v) is 1.86. The van der Waals surface area contributed by atoms with Gasteiger partial charge in [-0.2, -0.15) is 5.10 Å². The monoisotopic (exact) mass is 303 g/mol. The molecular formula is C14H17N5O3. The summed E-state index contributed by atoms with van der Waals surface area (Å²) in [4.78, 5) is 38.8. The highest BCUT2D eigenvalue weighted by Crippen LogP contribution is 1.87. The number of rotatable bonds is 6. The zero-order valence-corrected chi connectivity index (χ0v) is 12.2. The first kappa shape index (κ1) is 15.6. The van der Waals surface area contributed by atoms with Crippen molar-refractivity contribution in [1.82, 2.24) is 24.6 Å². The molecule has 116 valence electrons. The third kappa shape index (κ3) is 4.37. The second kappa shape index (κ2) is 7.30. The van der Waals surface area contributed by atoms with Gasteiger partial charge in [0.25, 0.3) is 11.1 Å². The van der Waals surface area contributed by atoms with Crippen LogP contribution in [0.4, 0.5) is 0 Å². The third-order valence-corrected chi connectivity index (χ3v) is 2.98. The first-order chi connectivity index (χ1) is 10.6. The largest absolute Gasteiger partial charge is 0.354 e. The van der Waals surface area contributed by atoms with Crippen LogP contribution in [0, 0.1) is 6.92 Å². The number of nitrogens with one attached hydrogen (secondary N) is 1. The van der Waals surface area contributed by atoms with Crippen molar-refractivity contribution in [2.45, 2.75) is 26.4 Å². The second-order valence-corrected chi connectivity index (χ2v) is 4.78. The highest BCUT2D eigenvalue weighted by Gasteiger charge is 2.04. The number of nitrogens with zero attached hydrogens (tertiary/aromatic N) is 4. The Morgan fingerprint density at radius 3 is 2.86 bits per heavy atom. The summed E-state index contributed by atoms with van der Waals surface area (Å²) < 4.78 is 2.58. The van der Waals surface area contributed by atoms with Crippen molar-refractivity contribution in [2.75, 3.05) is 6.54 Å². The van der Waals surface area contributed by atoms with E-state index in [4.69, 9.17) is 0 Å². The molecule has 0 bridgehead atoms. The van der Waals surface area contributed by atoms with E-state index in [-0.39, 0.29) is 23.6 Å². The molecule has 0 radical (unpaired) electrons. The van der Waals surface area contributed by atoms with E-state index in [1.807, 2.05) is 0 Å². The maximum atomic E-state index is 11.7. The summed E-state index contributed by atoms with van der Waals surface area (Å²) in [6, 6.07) is 4.39. The molecule has 1 amide bonds. The molecule has 0 atom stereocenters. The van der Waals surface area contributed by atoms with Gasteiger partial charge in [0, 0.05) is 37.1 Å². The molecule has 0 saturated heterocycles. The molecule has 0 aliphatic carbocycles. The number of hydrogen-bond acceptors (Lipinski definition) is 5. The van der Waals surface area contributed by atoms with Crippen LogP contribution in [0.3, 0.4) is 0 Å². The topological polar surface area (TPSA) is 98.9 Å². The van der Waals surface area contributed by atoms with Crippen LogP contribution < -0.4 is 16.4 Å². The predicted molar refractivity (Wildman–Crippen MR) is 79.4 cm³/mol. The van der Waals surface area contributed by atoms with Crippen molar-refractivity contribution < 1.29 is 4.79 Å². The summed E-state index contributed by atoms with van der Waals surface area (Å²) in [5, 5.41) is 6.61. The normalized spacial score (nSPS) is 10.4. The Kier molecular flexibility index (Phi) is 5.18. The van der Waals surface area contributed by atoms with E-state index in [0.717, 1.165) is 0 Å². The fourth-order valence-electron chi connectivity index (χ4n) is 1.86. The number of aryl methyl sites for hydroxylation is 2. The molecule has 2 aromatic heterocycles. The number of carbonyl (C=O) groups is 1. The Balaban J connectivity index is 1.77. The smallest absolute Gasteiger partial charge is 0.266 e. The Hall–Kier alpha value is -2.77. The highest BCUT2D eigenvalue weighted by molar-refractivity contribution is 5.75. The lowest BCUT2D eigenvalue weighted by Gasteiger charge is -2.07. The molecule has 0 aliphatic heterocycles. The number of carbonyl (C=O) groups excluding carboxylic acids is 1. The van der Waals surface area contributed by atoms with E-state index in [9.17, 15) is 14.4 Å². The maximum Gasteiger partial charge on any atom is 0.266 e. The second-order valence-electron chi connectivity index (χ2n) is 4.78. The molecule has 0 unspecified atom stereocenters. The van der Waals surface area contributed by atoms with Gasteiger partial charge in [-0.3, -0.25) is 19.0 Å². The standard InChI is InChI=1S/C14H17N5O3/c1-11-8-14(22)18(10-16-11)9-12(20)15-5-3-7-19-13(21)4-2-6-17-19/h2,4,6,8,10H,3,5,7,9H2,1H3,(H,15,20). The molecule has 0 fully saturated rings. The lowest BCUT2D eigenvalue weighted by atomic mass is 10.4. The van der Waals surface area contributed by atoms with Crippen LogP contribution in [0.2, 0.25) is 0 Å². The number of amides is 1. The van der Waals surface area contributed by atoms with Gasteiger partial charge >= 0.3 is 0 Å². The Morgan fingerprint density at radius 1 is 1.32 bits per heavy atom. The van der Waals surface area contributed by atoms with Gasteiger partial charge in [-0.05, 0) is 19.4 Å². The molecule has 0 spiro atoms. The van der Waals surface area contributed by atoms with Crippen LogP contribution in [0.15, 0.2) is 40.3 Å². The molecular weight excluding hydrogens is 286 g/mol. The van der Waals surface area contributed by atoms with Gasteiger partial charge in [0.1, 0.15) is 6.54 Å². The maximum absolute atomic E-state index is 11.7. The molecule has 22 heavy (non-hydrogen) atoms. The minimum absolute atomic E-state index is 0.0738. The van der Waals surface area contributed by atoms with Crippen LogP contribution >= 0.6 is 0 Å². The molecule has 0 saturated carbocycles. The molecule has 0 aromatic carbocycles. The summed E-state index contributed by atoms with van der Waals surface area (Å²) in [5.41, 5.74) is 0.177. The summed E-state index contributed by atoms with van der Waals surface area (Å²) >= 11 is 0. The summed E-state index contributed by atoms with van der Waals surface area (Å²) in [6.07, 6.45) is 3.46. The van der Waals surface area contributed by atoms with Gasteiger partial charge in [0.2, 0.25) is 5.91 Å². The van der Waals surface area contributed by atoms with Gasteiger partial charge in [0.05, 0.1) is 6.33 Å². The van der Waals surface area contributed by atoms with E-state index in [1.165, 1.54) is 33.9 Å². The fraction of sp³-hybridized carbons (Fsp3) is 0.357. The van der Waals surface area contributed by atoms with E-state index < -0.39 is 0 Å². The van der Waals surface area contributed by atoms with Crippen molar-refractivity contribution in [2.24, 2.45) is 0 Å². The van der Waals surface area contributed by atoms with Gasteiger partial charge in [-0.15, -0.1) is 0 Å². The zero-order chi connectivity index (χ0) is 15.9. The summed E-state index contributed by atoms with van der Waals surface area (Å²) in [5.74, 6) is -0.277. The highest BCUT2D eigenvalue weighted by atomic mass is 16.2. The van der Waals surface area contributed by atoms with Crippen LogP contribution in [0.5, 0.6) is 0 Å². The van der Waals surface area contributed by atoms with E-state index in [1.54, 1.807) is 13.0 Å². The molecule has 2 aromatic rings. The average molecular weight is 303 g/mol. The van der Waals surface area contributed by atoms with Crippen LogP contribution in [-0.4, -0.2) is 31.8 Å². The van der Waals surface area contributed by atoms with Crippen molar-refractivity contribution in [1.29, 1.82) is 0 Å². The van der Waals surface area contributed by atoms with Crippen molar-refractivity contribution >= 4 is 5.91 Å². The van der Waals surface area contributed by atoms with Crippen LogP contribution in [0.1, 0.15) is 12.1 Å². The average Bonchev–Trinajstić information content (AvgIpc) is 2.48. The van der Waals surface area contributed by atoms with E-state index in [0.29, 0.717) is 25.2 Å². The predicted octanol–water partition coefficient (Wildman–Crippen LogP) is -0.685. The Labute approximate surface area is 126 Å². The van der Waals surface area contributed by atoms with Gasteiger partial charge < -0.3 is 5.32 Å². The molecule has 8 heteroatoms. The third-order valence-electron chi connectivity index (χ3n) is 2.98. The van der Waals surface area contributed by atoms with Gasteiger partial charge in [0.15, 0.2) is 0 Å². The Morgan fingerprint density at radius 2 is 2.14 bits per heavy atom. The minimum atomic E-state index is -0.277. The van der Waals surface area contributed by atoms with E-state index in [2.05, 4.69) is 15.4 Å². The van der Waals surface area contributed by atoms with Crippen LogP contribution in [-0.2, 0) is 17.9 Å². The number of hydrogen-bond donors (Lipinski definition) is 1. The van der Waals surface area contributed by atoms with Crippen LogP contribution in [0.25, 0.3) is 0 Å². The van der Waals surface area contributed by atoms with Crippen molar-refractivity contribution in [3.63, 3.8) is 0 Å². The quantitative estimate of drug-likeness (QED) is 0.713. The summed E-state index contributed by atoms with van der Waals surface area (Å²) in [6.45, 7) is 2.46. The van der Waals surface area contributed by atoms with E-state index >= 15 is 0 Å². The van der Waals surface area contributed by atoms with Gasteiger partial charge in [-0.1, -0.05) is 0 Å². The minimum Gasteiger partial charge on any atom is -0.354 e.